The highest BCUT2D eigenvalue weighted by atomic mass is 35.5. The quantitative estimate of drug-likeness (QED) is 0.552. The highest BCUT2D eigenvalue weighted by Gasteiger charge is 2.17. The zero-order valence-corrected chi connectivity index (χ0v) is 10.6. The summed E-state index contributed by atoms with van der Waals surface area (Å²) in [5.41, 5.74) is 0.683. The van der Waals surface area contributed by atoms with E-state index in [1.54, 1.807) is 18.3 Å². The van der Waals surface area contributed by atoms with Gasteiger partial charge in [0.25, 0.3) is 0 Å². The Balaban J connectivity index is 2.74. The van der Waals surface area contributed by atoms with Crippen molar-refractivity contribution in [1.29, 1.82) is 0 Å². The van der Waals surface area contributed by atoms with E-state index in [0.717, 1.165) is 25.7 Å². The topological polar surface area (TPSA) is 30.0 Å². The van der Waals surface area contributed by atoms with Crippen molar-refractivity contribution >= 4 is 17.4 Å². The molecule has 0 aliphatic heterocycles. The average molecular weight is 240 g/mol. The SMILES string of the molecule is CCCC[C@H](CC)C(=O)c1ccnc(Cl)c1. The number of ketones is 1. The highest BCUT2D eigenvalue weighted by Crippen LogP contribution is 2.19. The van der Waals surface area contributed by atoms with Gasteiger partial charge in [-0.1, -0.05) is 38.3 Å². The molecule has 1 aromatic rings. The van der Waals surface area contributed by atoms with Gasteiger partial charge in [0.1, 0.15) is 5.15 Å². The largest absolute Gasteiger partial charge is 0.294 e. The second-order valence-electron chi connectivity index (χ2n) is 3.98. The third-order valence-corrected chi connectivity index (χ3v) is 2.99. The third-order valence-electron chi connectivity index (χ3n) is 2.78. The lowest BCUT2D eigenvalue weighted by Crippen LogP contribution is -2.14. The second-order valence-corrected chi connectivity index (χ2v) is 4.37. The smallest absolute Gasteiger partial charge is 0.166 e. The van der Waals surface area contributed by atoms with E-state index in [-0.39, 0.29) is 11.7 Å². The van der Waals surface area contributed by atoms with E-state index in [0.29, 0.717) is 10.7 Å². The first-order valence-corrected chi connectivity index (χ1v) is 6.22. The van der Waals surface area contributed by atoms with E-state index in [4.69, 9.17) is 11.6 Å². The Morgan fingerprint density at radius 1 is 1.50 bits per heavy atom. The molecule has 0 amide bonds. The molecule has 0 aliphatic carbocycles. The number of nitrogens with zero attached hydrogens (tertiary/aromatic N) is 1. The number of hydrogen-bond acceptors (Lipinski definition) is 2. The van der Waals surface area contributed by atoms with Gasteiger partial charge in [-0.15, -0.1) is 0 Å². The maximum atomic E-state index is 12.1. The summed E-state index contributed by atoms with van der Waals surface area (Å²) in [6, 6.07) is 3.39. The van der Waals surface area contributed by atoms with Crippen molar-refractivity contribution in [2.75, 3.05) is 0 Å². The van der Waals surface area contributed by atoms with Crippen LogP contribution in [0.3, 0.4) is 0 Å². The zero-order chi connectivity index (χ0) is 12.0. The lowest BCUT2D eigenvalue weighted by molar-refractivity contribution is 0.0908. The molecule has 0 aromatic carbocycles. The van der Waals surface area contributed by atoms with Gasteiger partial charge >= 0.3 is 0 Å². The molecule has 1 atom stereocenters. The molecule has 0 saturated heterocycles. The summed E-state index contributed by atoms with van der Waals surface area (Å²) in [7, 11) is 0. The standard InChI is InChI=1S/C13H18ClNO/c1-3-5-6-10(4-2)13(16)11-7-8-15-12(14)9-11/h7-10H,3-6H2,1-2H3/t10-/m0/s1. The number of rotatable bonds is 6. The van der Waals surface area contributed by atoms with Crippen LogP contribution in [0.5, 0.6) is 0 Å². The van der Waals surface area contributed by atoms with Crippen LogP contribution >= 0.6 is 11.6 Å². The fraction of sp³-hybridized carbons (Fsp3) is 0.538. The summed E-state index contributed by atoms with van der Waals surface area (Å²) in [5.74, 6) is 0.318. The van der Waals surface area contributed by atoms with Crippen molar-refractivity contribution in [2.45, 2.75) is 39.5 Å². The summed E-state index contributed by atoms with van der Waals surface area (Å²) in [5, 5.41) is 0.385. The van der Waals surface area contributed by atoms with E-state index in [9.17, 15) is 4.79 Å². The van der Waals surface area contributed by atoms with Gasteiger partial charge in [0.2, 0.25) is 0 Å². The minimum atomic E-state index is 0.124. The molecule has 0 fully saturated rings. The molecular weight excluding hydrogens is 222 g/mol. The molecule has 2 nitrogen and oxygen atoms in total. The highest BCUT2D eigenvalue weighted by molar-refractivity contribution is 6.29. The van der Waals surface area contributed by atoms with Crippen molar-refractivity contribution in [3.8, 4) is 0 Å². The number of carbonyl (C=O) groups is 1. The van der Waals surface area contributed by atoms with Crippen molar-refractivity contribution in [3.05, 3.63) is 29.0 Å². The maximum Gasteiger partial charge on any atom is 0.166 e. The molecule has 0 aliphatic rings. The fourth-order valence-electron chi connectivity index (χ4n) is 1.76. The molecule has 0 bridgehead atoms. The van der Waals surface area contributed by atoms with E-state index in [1.807, 2.05) is 0 Å². The fourth-order valence-corrected chi connectivity index (χ4v) is 1.94. The maximum absolute atomic E-state index is 12.1. The summed E-state index contributed by atoms with van der Waals surface area (Å²) < 4.78 is 0. The average Bonchev–Trinajstić information content (AvgIpc) is 2.29. The predicted molar refractivity (Wildman–Crippen MR) is 66.9 cm³/mol. The van der Waals surface area contributed by atoms with Crippen molar-refractivity contribution < 1.29 is 4.79 Å². The molecule has 0 radical (unpaired) electrons. The van der Waals surface area contributed by atoms with Crippen LogP contribution in [0.2, 0.25) is 5.15 Å². The first-order chi connectivity index (χ1) is 7.69. The van der Waals surface area contributed by atoms with Crippen LogP contribution in [0.4, 0.5) is 0 Å². The number of hydrogen-bond donors (Lipinski definition) is 0. The molecule has 0 N–H and O–H groups in total. The van der Waals surface area contributed by atoms with E-state index >= 15 is 0 Å². The van der Waals surface area contributed by atoms with Gasteiger partial charge in [-0.25, -0.2) is 4.98 Å². The van der Waals surface area contributed by atoms with E-state index < -0.39 is 0 Å². The first-order valence-electron chi connectivity index (χ1n) is 5.84. The van der Waals surface area contributed by atoms with Crippen molar-refractivity contribution in [2.24, 2.45) is 5.92 Å². The third kappa shape index (κ3) is 3.60. The second kappa shape index (κ2) is 6.64. The van der Waals surface area contributed by atoms with Crippen LogP contribution in [-0.2, 0) is 0 Å². The molecule has 3 heteroatoms. The van der Waals surface area contributed by atoms with Gasteiger partial charge in [0, 0.05) is 17.7 Å². The van der Waals surface area contributed by atoms with Crippen LogP contribution in [0.15, 0.2) is 18.3 Å². The number of pyridine rings is 1. The van der Waals surface area contributed by atoms with Crippen molar-refractivity contribution in [1.82, 2.24) is 4.98 Å². The van der Waals surface area contributed by atoms with Crippen LogP contribution < -0.4 is 0 Å². The molecule has 0 unspecified atom stereocenters. The summed E-state index contributed by atoms with van der Waals surface area (Å²) in [6.45, 7) is 4.20. The van der Waals surface area contributed by atoms with Gasteiger partial charge in [-0.3, -0.25) is 4.79 Å². The van der Waals surface area contributed by atoms with E-state index in [2.05, 4.69) is 18.8 Å². The number of unbranched alkanes of at least 4 members (excludes halogenated alkanes) is 1. The molecule has 0 spiro atoms. The summed E-state index contributed by atoms with van der Waals surface area (Å²) in [6.07, 6.45) is 5.66. The molecular formula is C13H18ClNO. The number of halogens is 1. The minimum absolute atomic E-state index is 0.124. The van der Waals surface area contributed by atoms with Gasteiger partial charge in [-0.05, 0) is 25.0 Å². The van der Waals surface area contributed by atoms with Crippen LogP contribution in [-0.4, -0.2) is 10.8 Å². The Labute approximate surface area is 102 Å². The van der Waals surface area contributed by atoms with E-state index in [1.165, 1.54) is 0 Å². The molecule has 0 saturated carbocycles. The molecule has 16 heavy (non-hydrogen) atoms. The Morgan fingerprint density at radius 3 is 2.81 bits per heavy atom. The van der Waals surface area contributed by atoms with Gasteiger partial charge in [-0.2, -0.15) is 0 Å². The van der Waals surface area contributed by atoms with Crippen LogP contribution in [0.1, 0.15) is 49.9 Å². The Hall–Kier alpha value is -0.890. The zero-order valence-electron chi connectivity index (χ0n) is 9.87. The van der Waals surface area contributed by atoms with Crippen LogP contribution in [0, 0.1) is 5.92 Å². The lowest BCUT2D eigenvalue weighted by atomic mass is 9.91. The Morgan fingerprint density at radius 2 is 2.25 bits per heavy atom. The molecule has 88 valence electrons. The summed E-state index contributed by atoms with van der Waals surface area (Å²) >= 11 is 5.78. The monoisotopic (exact) mass is 239 g/mol. The van der Waals surface area contributed by atoms with Gasteiger partial charge < -0.3 is 0 Å². The normalized spacial score (nSPS) is 12.4. The van der Waals surface area contributed by atoms with Gasteiger partial charge in [0.05, 0.1) is 0 Å². The van der Waals surface area contributed by atoms with Gasteiger partial charge in [0.15, 0.2) is 5.78 Å². The van der Waals surface area contributed by atoms with Crippen LogP contribution in [0.25, 0.3) is 0 Å². The number of carbonyl (C=O) groups excluding carboxylic acids is 1. The lowest BCUT2D eigenvalue weighted by Gasteiger charge is -2.13. The Kier molecular flexibility index (Phi) is 5.47. The minimum Gasteiger partial charge on any atom is -0.294 e. The van der Waals surface area contributed by atoms with Crippen molar-refractivity contribution in [3.63, 3.8) is 0 Å². The summed E-state index contributed by atoms with van der Waals surface area (Å²) in [4.78, 5) is 16.0. The number of Topliss-reactive ketones (excluding diaryl/α,β-unsaturated/α-hetero) is 1. The molecule has 1 heterocycles. The molecule has 1 rings (SSSR count). The predicted octanol–water partition coefficient (Wildman–Crippen LogP) is 4.13. The Bertz CT molecular complexity index is 352. The first kappa shape index (κ1) is 13.2. The molecule has 1 aromatic heterocycles. The number of aromatic nitrogens is 1.